The first-order valence-corrected chi connectivity index (χ1v) is 8.64. The van der Waals surface area contributed by atoms with E-state index in [-0.39, 0.29) is 0 Å². The number of hydrogen-bond acceptors (Lipinski definition) is 5. The van der Waals surface area contributed by atoms with Crippen LogP contribution in [0.2, 0.25) is 0 Å². The van der Waals surface area contributed by atoms with Gasteiger partial charge in [-0.25, -0.2) is 4.98 Å². The first kappa shape index (κ1) is 15.3. The van der Waals surface area contributed by atoms with Gasteiger partial charge < -0.3 is 9.47 Å². The zero-order chi connectivity index (χ0) is 15.2. The van der Waals surface area contributed by atoms with Crippen molar-refractivity contribution in [2.45, 2.75) is 19.4 Å². The first-order valence-electron chi connectivity index (χ1n) is 7.70. The van der Waals surface area contributed by atoms with Crippen LogP contribution in [0, 0.1) is 5.92 Å². The average molecular weight is 318 g/mol. The van der Waals surface area contributed by atoms with Crippen LogP contribution in [0.25, 0.3) is 0 Å². The van der Waals surface area contributed by atoms with Crippen molar-refractivity contribution < 1.29 is 9.47 Å². The fourth-order valence-corrected chi connectivity index (χ4v) is 3.41. The third kappa shape index (κ3) is 4.21. The summed E-state index contributed by atoms with van der Waals surface area (Å²) in [5.41, 5.74) is 3.09. The van der Waals surface area contributed by atoms with E-state index < -0.39 is 0 Å². The van der Waals surface area contributed by atoms with Gasteiger partial charge in [-0.15, -0.1) is 11.3 Å². The van der Waals surface area contributed by atoms with E-state index in [2.05, 4.69) is 15.3 Å². The molecule has 1 aliphatic heterocycles. The van der Waals surface area contributed by atoms with Gasteiger partial charge in [-0.05, 0) is 43.7 Å². The SMILES string of the molecule is COc1ccc(OCC2CCCN(Cc3cscn3)C2)cc1. The molecule has 2 aromatic rings. The van der Waals surface area contributed by atoms with E-state index in [1.807, 2.05) is 29.8 Å². The van der Waals surface area contributed by atoms with Crippen molar-refractivity contribution in [3.05, 3.63) is 40.8 Å². The molecule has 2 heterocycles. The van der Waals surface area contributed by atoms with Gasteiger partial charge >= 0.3 is 0 Å². The van der Waals surface area contributed by atoms with E-state index in [4.69, 9.17) is 9.47 Å². The molecule has 1 aromatic heterocycles. The Bertz CT molecular complexity index is 557. The van der Waals surface area contributed by atoms with Crippen molar-refractivity contribution in [3.8, 4) is 11.5 Å². The second kappa shape index (κ2) is 7.61. The molecule has 0 bridgehead atoms. The summed E-state index contributed by atoms with van der Waals surface area (Å²) in [5, 5.41) is 2.14. The van der Waals surface area contributed by atoms with Crippen LogP contribution in [0.3, 0.4) is 0 Å². The number of likely N-dealkylation sites (tertiary alicyclic amines) is 1. The highest BCUT2D eigenvalue weighted by Crippen LogP contribution is 2.22. The molecule has 3 rings (SSSR count). The number of methoxy groups -OCH3 is 1. The molecule has 1 saturated heterocycles. The van der Waals surface area contributed by atoms with Crippen molar-refractivity contribution in [3.63, 3.8) is 0 Å². The summed E-state index contributed by atoms with van der Waals surface area (Å²) >= 11 is 1.67. The summed E-state index contributed by atoms with van der Waals surface area (Å²) in [4.78, 5) is 6.87. The summed E-state index contributed by atoms with van der Waals surface area (Å²) in [6.45, 7) is 3.99. The second-order valence-corrected chi connectivity index (χ2v) is 6.43. The summed E-state index contributed by atoms with van der Waals surface area (Å²) < 4.78 is 11.1. The molecule has 0 spiro atoms. The minimum absolute atomic E-state index is 0.592. The molecule has 0 saturated carbocycles. The van der Waals surface area contributed by atoms with Gasteiger partial charge in [0.25, 0.3) is 0 Å². The van der Waals surface area contributed by atoms with Crippen molar-refractivity contribution in [1.29, 1.82) is 0 Å². The topological polar surface area (TPSA) is 34.6 Å². The van der Waals surface area contributed by atoms with Crippen LogP contribution in [-0.4, -0.2) is 36.7 Å². The number of hydrogen-bond donors (Lipinski definition) is 0. The quantitative estimate of drug-likeness (QED) is 0.817. The summed E-state index contributed by atoms with van der Waals surface area (Å²) in [7, 11) is 1.68. The number of rotatable bonds is 6. The van der Waals surface area contributed by atoms with E-state index in [1.54, 1.807) is 18.4 Å². The van der Waals surface area contributed by atoms with Gasteiger partial charge in [0.2, 0.25) is 0 Å². The number of nitrogens with zero attached hydrogens (tertiary/aromatic N) is 2. The van der Waals surface area contributed by atoms with Crippen LogP contribution in [0.5, 0.6) is 11.5 Å². The molecule has 4 nitrogen and oxygen atoms in total. The number of benzene rings is 1. The maximum absolute atomic E-state index is 5.93. The fourth-order valence-electron chi connectivity index (χ4n) is 2.86. The zero-order valence-corrected chi connectivity index (χ0v) is 13.7. The van der Waals surface area contributed by atoms with Crippen LogP contribution in [0.1, 0.15) is 18.5 Å². The van der Waals surface area contributed by atoms with Gasteiger partial charge in [0.15, 0.2) is 0 Å². The summed E-state index contributed by atoms with van der Waals surface area (Å²) in [6.07, 6.45) is 2.48. The lowest BCUT2D eigenvalue weighted by molar-refractivity contribution is 0.124. The predicted octanol–water partition coefficient (Wildman–Crippen LogP) is 3.44. The van der Waals surface area contributed by atoms with E-state index >= 15 is 0 Å². The molecule has 1 aliphatic rings. The van der Waals surface area contributed by atoms with Crippen LogP contribution in [-0.2, 0) is 6.54 Å². The Kier molecular flexibility index (Phi) is 5.29. The van der Waals surface area contributed by atoms with Gasteiger partial charge in [-0.1, -0.05) is 0 Å². The molecule has 0 N–H and O–H groups in total. The summed E-state index contributed by atoms with van der Waals surface area (Å²) in [6, 6.07) is 7.80. The maximum atomic E-state index is 5.93. The monoisotopic (exact) mass is 318 g/mol. The molecular weight excluding hydrogens is 296 g/mol. The molecule has 5 heteroatoms. The molecular formula is C17H22N2O2S. The minimum atomic E-state index is 0.592. The van der Waals surface area contributed by atoms with Crippen LogP contribution < -0.4 is 9.47 Å². The van der Waals surface area contributed by atoms with Gasteiger partial charge in [-0.3, -0.25) is 4.90 Å². The average Bonchev–Trinajstić information content (AvgIpc) is 3.07. The fraction of sp³-hybridized carbons (Fsp3) is 0.471. The van der Waals surface area contributed by atoms with Gasteiger partial charge in [0.05, 0.1) is 24.9 Å². The highest BCUT2D eigenvalue weighted by molar-refractivity contribution is 7.07. The van der Waals surface area contributed by atoms with Gasteiger partial charge in [0, 0.05) is 24.4 Å². The Morgan fingerprint density at radius 1 is 1.27 bits per heavy atom. The molecule has 0 amide bonds. The van der Waals surface area contributed by atoms with Crippen molar-refractivity contribution in [1.82, 2.24) is 9.88 Å². The summed E-state index contributed by atoms with van der Waals surface area (Å²) in [5.74, 6) is 2.37. The Morgan fingerprint density at radius 2 is 2.09 bits per heavy atom. The third-order valence-electron chi connectivity index (χ3n) is 4.02. The molecule has 1 unspecified atom stereocenters. The lowest BCUT2D eigenvalue weighted by Gasteiger charge is -2.32. The minimum Gasteiger partial charge on any atom is -0.497 e. The molecule has 1 aromatic carbocycles. The largest absolute Gasteiger partial charge is 0.497 e. The predicted molar refractivity (Wildman–Crippen MR) is 88.6 cm³/mol. The van der Waals surface area contributed by atoms with Crippen molar-refractivity contribution >= 4 is 11.3 Å². The Labute approximate surface area is 135 Å². The number of ether oxygens (including phenoxy) is 2. The van der Waals surface area contributed by atoms with Crippen LogP contribution in [0.15, 0.2) is 35.2 Å². The molecule has 1 atom stereocenters. The Balaban J connectivity index is 1.47. The lowest BCUT2D eigenvalue weighted by Crippen LogP contribution is -2.37. The molecule has 22 heavy (non-hydrogen) atoms. The molecule has 1 fully saturated rings. The number of aromatic nitrogens is 1. The molecule has 118 valence electrons. The standard InChI is InChI=1S/C17H22N2O2S/c1-20-16-4-6-17(7-5-16)21-11-14-3-2-8-19(9-14)10-15-12-22-13-18-15/h4-7,12-14H,2-3,8-11H2,1H3. The van der Waals surface area contributed by atoms with Gasteiger partial charge in [0.1, 0.15) is 11.5 Å². The normalized spacial score (nSPS) is 19.0. The Hall–Kier alpha value is -1.59. The highest BCUT2D eigenvalue weighted by atomic mass is 32.1. The molecule has 0 radical (unpaired) electrons. The van der Waals surface area contributed by atoms with Crippen LogP contribution in [0.4, 0.5) is 0 Å². The number of piperidine rings is 1. The first-order chi connectivity index (χ1) is 10.8. The van der Waals surface area contributed by atoms with Crippen molar-refractivity contribution in [2.24, 2.45) is 5.92 Å². The Morgan fingerprint density at radius 3 is 2.82 bits per heavy atom. The second-order valence-electron chi connectivity index (χ2n) is 5.71. The van der Waals surface area contributed by atoms with Crippen molar-refractivity contribution in [2.75, 3.05) is 26.8 Å². The highest BCUT2D eigenvalue weighted by Gasteiger charge is 2.21. The lowest BCUT2D eigenvalue weighted by atomic mass is 9.99. The van der Waals surface area contributed by atoms with E-state index in [9.17, 15) is 0 Å². The zero-order valence-electron chi connectivity index (χ0n) is 12.9. The van der Waals surface area contributed by atoms with Crippen LogP contribution >= 0.6 is 11.3 Å². The van der Waals surface area contributed by atoms with Gasteiger partial charge in [-0.2, -0.15) is 0 Å². The molecule has 0 aliphatic carbocycles. The third-order valence-corrected chi connectivity index (χ3v) is 4.65. The maximum Gasteiger partial charge on any atom is 0.119 e. The van der Waals surface area contributed by atoms with E-state index in [1.165, 1.54) is 18.5 Å². The van der Waals surface area contributed by atoms with E-state index in [0.717, 1.165) is 37.7 Å². The smallest absolute Gasteiger partial charge is 0.119 e. The van der Waals surface area contributed by atoms with E-state index in [0.29, 0.717) is 5.92 Å². The number of thiazole rings is 1.